The Morgan fingerprint density at radius 3 is 1.18 bits per heavy atom. The van der Waals surface area contributed by atoms with E-state index in [4.69, 9.17) is 26.0 Å². The lowest BCUT2D eigenvalue weighted by Crippen LogP contribution is -2.32. The Kier molecular flexibility index (Phi) is 10.0. The molecule has 0 atom stereocenters. The van der Waals surface area contributed by atoms with Crippen LogP contribution in [0.2, 0.25) is 0 Å². The van der Waals surface area contributed by atoms with Crippen molar-refractivity contribution in [2.75, 3.05) is 0 Å². The van der Waals surface area contributed by atoms with Crippen molar-refractivity contribution in [3.63, 3.8) is 0 Å². The predicted molar refractivity (Wildman–Crippen MR) is 338 cm³/mol. The third-order valence-corrected chi connectivity index (χ3v) is 16.5. The summed E-state index contributed by atoms with van der Waals surface area (Å²) >= 11 is 0. The van der Waals surface area contributed by atoms with Crippen LogP contribution in [-0.2, 0) is 46.8 Å². The first kappa shape index (κ1) is 36.9. The van der Waals surface area contributed by atoms with E-state index < -0.39 is 57.8 Å². The maximum atomic E-state index is 8.87. The van der Waals surface area contributed by atoms with Crippen molar-refractivity contribution in [1.29, 1.82) is 0 Å². The van der Waals surface area contributed by atoms with Crippen molar-refractivity contribution in [1.82, 2.24) is 0 Å². The van der Waals surface area contributed by atoms with E-state index in [1.807, 2.05) is 94.9 Å². The minimum atomic E-state index is -2.46. The maximum Gasteiger partial charge on any atom is 0.212 e. The molecule has 9 aromatic rings. The summed E-state index contributed by atoms with van der Waals surface area (Å²) < 4.78 is 158. The molecule has 0 N–H and O–H groups in total. The molecular weight excluding hydrogens is 967 g/mol. The molecule has 3 aliphatic carbocycles. The lowest BCUT2D eigenvalue weighted by atomic mass is 9.86. The number of nitrogens with zero attached hydrogens (tertiary/aromatic N) is 3. The zero-order chi connectivity index (χ0) is 73.5. The summed E-state index contributed by atoms with van der Waals surface area (Å²) in [5, 5.41) is 0. The molecule has 3 nitrogen and oxygen atoms in total. The Morgan fingerprint density at radius 2 is 0.787 bits per heavy atom. The average molecular weight is 1070 g/mol. The van der Waals surface area contributed by atoms with Crippen LogP contribution in [0.25, 0.3) is 67.2 Å². The second kappa shape index (κ2) is 21.7. The van der Waals surface area contributed by atoms with E-state index in [2.05, 4.69) is 48.9 Å². The summed E-state index contributed by atoms with van der Waals surface area (Å²) in [4.78, 5) is 0. The van der Waals surface area contributed by atoms with E-state index in [1.54, 1.807) is 88.8 Å². The molecule has 0 fully saturated rings. The predicted octanol–water partition coefficient (Wildman–Crippen LogP) is 17.9. The van der Waals surface area contributed by atoms with Crippen LogP contribution >= 0.6 is 0 Å². The minimum absolute atomic E-state index is 0.0112. The van der Waals surface area contributed by atoms with E-state index >= 15 is 0 Å². The van der Waals surface area contributed by atoms with Gasteiger partial charge >= 0.3 is 0 Å². The first-order valence-electron chi connectivity index (χ1n) is 37.2. The highest BCUT2D eigenvalue weighted by molar-refractivity contribution is 5.85. The van der Waals surface area contributed by atoms with Gasteiger partial charge in [-0.3, -0.25) is 0 Å². The number of aryl methyl sites for hydroxylation is 9. The fourth-order valence-corrected chi connectivity index (χ4v) is 12.4. The number of hydrogen-bond donors (Lipinski definition) is 0. The first-order valence-corrected chi connectivity index (χ1v) is 27.7. The van der Waals surface area contributed by atoms with Gasteiger partial charge in [-0.15, -0.1) is 0 Å². The normalized spacial score (nSPS) is 17.3. The first-order chi connectivity index (χ1) is 45.3. The van der Waals surface area contributed by atoms with Crippen molar-refractivity contribution >= 4 is 0 Å². The van der Waals surface area contributed by atoms with Gasteiger partial charge in [0.2, 0.25) is 17.1 Å². The number of rotatable bonds is 6. The molecule has 0 aliphatic heterocycles. The van der Waals surface area contributed by atoms with Crippen LogP contribution in [-0.4, -0.2) is 0 Å². The zero-order valence-electron chi connectivity index (χ0n) is 68.1. The van der Waals surface area contributed by atoms with Crippen molar-refractivity contribution in [2.24, 2.45) is 26.6 Å². The fraction of sp³-hybridized carbons (Fsp3) is 0.338. The van der Waals surface area contributed by atoms with Crippen molar-refractivity contribution in [3.8, 4) is 67.2 Å². The number of pyridine rings is 3. The monoisotopic (exact) mass is 1070 g/mol. The van der Waals surface area contributed by atoms with E-state index in [0.717, 1.165) is 113 Å². The van der Waals surface area contributed by atoms with Crippen molar-refractivity contribution in [2.45, 2.75) is 148 Å². The number of hydrogen-bond acceptors (Lipinski definition) is 0. The molecule has 3 aliphatic rings. The minimum Gasteiger partial charge on any atom is -0.201 e. The van der Waals surface area contributed by atoms with Gasteiger partial charge in [-0.25, -0.2) is 13.7 Å². The number of benzene rings is 6. The maximum absolute atomic E-state index is 8.87. The van der Waals surface area contributed by atoms with E-state index in [9.17, 15) is 0 Å². The summed E-state index contributed by atoms with van der Waals surface area (Å²) in [7, 11) is 5.65. The Labute approximate surface area is 507 Å². The highest BCUT2D eigenvalue weighted by Gasteiger charge is 2.29. The van der Waals surface area contributed by atoms with Crippen LogP contribution in [0, 0.1) is 67.4 Å². The Hall–Kier alpha value is -7.23. The van der Waals surface area contributed by atoms with Crippen molar-refractivity contribution < 1.29 is 39.7 Å². The highest BCUT2D eigenvalue weighted by Crippen LogP contribution is 2.45. The molecule has 3 heterocycles. The molecule has 0 amide bonds. The summed E-state index contributed by atoms with van der Waals surface area (Å²) in [5.41, 5.74) is 25.5. The van der Waals surface area contributed by atoms with Crippen LogP contribution in [0.3, 0.4) is 0 Å². The average Bonchev–Trinajstić information content (AvgIpc) is 1.74. The van der Waals surface area contributed by atoms with Gasteiger partial charge in [-0.1, -0.05) is 138 Å². The lowest BCUT2D eigenvalue weighted by Gasteiger charge is -2.20. The van der Waals surface area contributed by atoms with Crippen LogP contribution in [0.4, 0.5) is 0 Å². The Morgan fingerprint density at radius 1 is 0.425 bits per heavy atom. The fourth-order valence-electron chi connectivity index (χ4n) is 12.4. The molecule has 3 aromatic heterocycles. The molecule has 80 heavy (non-hydrogen) atoms. The summed E-state index contributed by atoms with van der Waals surface area (Å²) in [5.74, 6) is -1.71. The smallest absolute Gasteiger partial charge is 0.201 e. The quantitative estimate of drug-likeness (QED) is 0.147. The van der Waals surface area contributed by atoms with Crippen LogP contribution in [0.5, 0.6) is 0 Å². The number of fused-ring (bicyclic) bond motifs is 9. The van der Waals surface area contributed by atoms with Gasteiger partial charge in [-0.2, -0.15) is 0 Å². The zero-order valence-corrected chi connectivity index (χ0v) is 49.1. The van der Waals surface area contributed by atoms with Gasteiger partial charge < -0.3 is 0 Å². The largest absolute Gasteiger partial charge is 0.212 e. The van der Waals surface area contributed by atoms with E-state index in [0.29, 0.717) is 35.1 Å². The Bertz CT molecular complexity index is 4730. The van der Waals surface area contributed by atoms with Crippen LogP contribution in [0.15, 0.2) is 128 Å². The van der Waals surface area contributed by atoms with Gasteiger partial charge in [0.15, 0.2) is 18.6 Å². The summed E-state index contributed by atoms with van der Waals surface area (Å²) in [6.07, 6.45) is 5.37. The standard InChI is InChI=1S/C27H32N.2C25H28N/c1-17-8-9-23-20(12-17)13-25-19(3)22(10-11-24(23)25)26-14-21(15-27(4,5)6)18(2)16-28(26)7;1-15(2)23-13-25(26(6)14-17(23)4)20-9-10-22-21-8-7-16(3)11-19(21)12-24(22)18(20)5;1-15(2)24-14-26(6)25(12-17(24)4)20-9-10-22-21-8-7-16(3)11-19(21)13-23(22)18(20)5/h8-12,14,16H,13,15H2,1-7H3;7-11,13-15H,12H2,1-6H3;7-12,14-15H,13H2,1-6H3/q3*+1/i1D3,2D3,15D2;3D3,4D3,15D;3D3,15D. The van der Waals surface area contributed by atoms with E-state index in [-0.39, 0.29) is 16.7 Å². The highest BCUT2D eigenvalue weighted by atomic mass is 14.9. The molecule has 0 spiro atoms. The topological polar surface area (TPSA) is 11.6 Å². The molecule has 3 heteroatoms. The molecule has 0 saturated heterocycles. The Balaban J connectivity index is 0.000000161. The molecular formula is C77H88N3+3. The lowest BCUT2D eigenvalue weighted by molar-refractivity contribution is -0.661. The van der Waals surface area contributed by atoms with Gasteiger partial charge in [0, 0.05) is 77.6 Å². The molecule has 408 valence electrons. The van der Waals surface area contributed by atoms with Crippen molar-refractivity contribution in [3.05, 3.63) is 228 Å². The van der Waals surface area contributed by atoms with Gasteiger partial charge in [0.1, 0.15) is 21.1 Å². The molecule has 0 saturated carbocycles. The van der Waals surface area contributed by atoms with Crippen LogP contribution in [0.1, 0.15) is 186 Å². The summed E-state index contributed by atoms with van der Waals surface area (Å²) in [6, 6.07) is 34.3. The van der Waals surface area contributed by atoms with E-state index in [1.165, 1.54) is 28.5 Å². The van der Waals surface area contributed by atoms with Crippen LogP contribution < -0.4 is 13.7 Å². The SMILES string of the molecule is [2H]C([2H])([2H])c1ccc2c(c1)Cc1c-2ccc(-c2cc(C([2H])(C)C)c(C([2H])([2H])[2H])c[n+]2C)c1C.[2H]C([2H])([2H])c1ccc2c(c1)Cc1c-2ccc(-c2cc(C([2H])([2H])C(C)(C)C)c(C([2H])([2H])[2H])c[n+]2C)c1C.[2H]C([2H])([2H])c1ccc2c(c1)Cc1c-2ccc(-c2cc(C)c(C([2H])(C)C)c[n+]2C)c1C. The summed E-state index contributed by atoms with van der Waals surface area (Å²) in [6.45, 7) is 9.71. The second-order valence-electron chi connectivity index (χ2n) is 23.9. The van der Waals surface area contributed by atoms with Gasteiger partial charge in [0.05, 0.1) is 0 Å². The molecule has 0 radical (unpaired) electrons. The molecule has 6 aromatic carbocycles. The third kappa shape index (κ3) is 10.7. The van der Waals surface area contributed by atoms with Gasteiger partial charge in [-0.05, 0) is 223 Å². The third-order valence-electron chi connectivity index (χ3n) is 16.5. The molecule has 0 unspecified atom stereocenters. The number of aromatic nitrogens is 3. The van der Waals surface area contributed by atoms with Gasteiger partial charge in [0.25, 0.3) is 0 Å². The molecule has 12 rings (SSSR count). The second-order valence-corrected chi connectivity index (χ2v) is 23.9. The molecule has 0 bridgehead atoms.